The van der Waals surface area contributed by atoms with E-state index in [0.29, 0.717) is 19.0 Å². The number of benzene rings is 1. The molecule has 0 radical (unpaired) electrons. The molecule has 0 aromatic heterocycles. The molecular weight excluding hydrogens is 316 g/mol. The van der Waals surface area contributed by atoms with Gasteiger partial charge in [0, 0.05) is 32.1 Å². The average Bonchev–Trinajstić information content (AvgIpc) is 2.65. The van der Waals surface area contributed by atoms with Crippen molar-refractivity contribution in [1.29, 1.82) is 0 Å². The molecule has 2 heterocycles. The molecule has 0 atom stereocenters. The van der Waals surface area contributed by atoms with E-state index in [-0.39, 0.29) is 11.8 Å². The highest BCUT2D eigenvalue weighted by Gasteiger charge is 2.24. The first-order valence-electron chi connectivity index (χ1n) is 9.32. The summed E-state index contributed by atoms with van der Waals surface area (Å²) in [6.45, 7) is 6.04. The van der Waals surface area contributed by atoms with Crippen molar-refractivity contribution in [1.82, 2.24) is 10.2 Å². The van der Waals surface area contributed by atoms with Crippen LogP contribution in [0.2, 0.25) is 0 Å². The Bertz CT molecular complexity index is 611. The summed E-state index contributed by atoms with van der Waals surface area (Å²) in [4.78, 5) is 28.0. The number of nitrogens with zero attached hydrogens (tertiary/aromatic N) is 2. The molecule has 2 amide bonds. The fourth-order valence-electron chi connectivity index (χ4n) is 3.59. The molecule has 1 fully saturated rings. The summed E-state index contributed by atoms with van der Waals surface area (Å²) in [6, 6.07) is 8.30. The van der Waals surface area contributed by atoms with E-state index in [1.807, 2.05) is 36.1 Å². The van der Waals surface area contributed by atoms with E-state index in [9.17, 15) is 9.59 Å². The Morgan fingerprint density at radius 3 is 2.76 bits per heavy atom. The number of hydrogen-bond acceptors (Lipinski definition) is 4. The van der Waals surface area contributed by atoms with Crippen LogP contribution < -0.4 is 15.5 Å². The average molecular weight is 344 g/mol. The van der Waals surface area contributed by atoms with E-state index in [4.69, 9.17) is 0 Å². The first-order valence-corrected chi connectivity index (χ1v) is 9.32. The third kappa shape index (κ3) is 4.51. The molecule has 1 aromatic carbocycles. The lowest BCUT2D eigenvalue weighted by atomic mass is 10.0. The number of carbonyl (C=O) groups is 2. The standard InChI is InChI=1S/C19H28N4O2/c1-2-18(24)21-15-8-12-22(13-9-15)10-5-11-23-17-7-4-3-6-16(17)20-14-19(23)25/h3-4,6-7,15,20H,2,5,8-14H2,1H3,(H,21,24). The molecule has 0 unspecified atom stereocenters. The second-order valence-electron chi connectivity index (χ2n) is 6.81. The molecule has 0 saturated carbocycles. The van der Waals surface area contributed by atoms with Crippen LogP contribution in [0.1, 0.15) is 32.6 Å². The highest BCUT2D eigenvalue weighted by Crippen LogP contribution is 2.28. The van der Waals surface area contributed by atoms with Crippen molar-refractivity contribution in [2.45, 2.75) is 38.6 Å². The van der Waals surface area contributed by atoms with Gasteiger partial charge in [-0.1, -0.05) is 19.1 Å². The number of anilines is 2. The van der Waals surface area contributed by atoms with Crippen molar-refractivity contribution < 1.29 is 9.59 Å². The molecule has 2 aliphatic rings. The summed E-state index contributed by atoms with van der Waals surface area (Å²) in [5.41, 5.74) is 2.02. The Balaban J connectivity index is 1.43. The molecule has 0 bridgehead atoms. The maximum atomic E-state index is 12.2. The molecule has 1 saturated heterocycles. The molecule has 3 rings (SSSR count). The summed E-state index contributed by atoms with van der Waals surface area (Å²) in [5, 5.41) is 6.26. The van der Waals surface area contributed by atoms with E-state index < -0.39 is 0 Å². The molecule has 136 valence electrons. The number of likely N-dealkylation sites (tertiary alicyclic amines) is 1. The van der Waals surface area contributed by atoms with Crippen LogP contribution in [0.3, 0.4) is 0 Å². The normalized spacial score (nSPS) is 18.6. The number of rotatable bonds is 6. The van der Waals surface area contributed by atoms with Gasteiger partial charge in [-0.05, 0) is 37.9 Å². The Morgan fingerprint density at radius 1 is 1.24 bits per heavy atom. The second kappa shape index (κ2) is 8.34. The summed E-state index contributed by atoms with van der Waals surface area (Å²) in [6.07, 6.45) is 3.55. The van der Waals surface area contributed by atoms with Gasteiger partial charge in [-0.15, -0.1) is 0 Å². The molecule has 6 heteroatoms. The van der Waals surface area contributed by atoms with Gasteiger partial charge >= 0.3 is 0 Å². The third-order valence-corrected chi connectivity index (χ3v) is 5.06. The number of fused-ring (bicyclic) bond motifs is 1. The Labute approximate surface area is 149 Å². The fraction of sp³-hybridized carbons (Fsp3) is 0.579. The van der Waals surface area contributed by atoms with Crippen LogP contribution >= 0.6 is 0 Å². The lowest BCUT2D eigenvalue weighted by Crippen LogP contribution is -2.45. The van der Waals surface area contributed by atoms with Crippen molar-refractivity contribution in [3.8, 4) is 0 Å². The highest BCUT2D eigenvalue weighted by molar-refractivity contribution is 6.02. The van der Waals surface area contributed by atoms with Crippen LogP contribution in [-0.4, -0.2) is 55.5 Å². The van der Waals surface area contributed by atoms with Crippen LogP contribution in [0.25, 0.3) is 0 Å². The van der Waals surface area contributed by atoms with Crippen LogP contribution in [0.4, 0.5) is 11.4 Å². The molecule has 25 heavy (non-hydrogen) atoms. The second-order valence-corrected chi connectivity index (χ2v) is 6.81. The topological polar surface area (TPSA) is 64.7 Å². The summed E-state index contributed by atoms with van der Waals surface area (Å²) in [7, 11) is 0. The first kappa shape index (κ1) is 17.7. The van der Waals surface area contributed by atoms with Gasteiger partial charge in [0.2, 0.25) is 11.8 Å². The maximum absolute atomic E-state index is 12.2. The van der Waals surface area contributed by atoms with Crippen molar-refractivity contribution in [3.63, 3.8) is 0 Å². The number of para-hydroxylation sites is 2. The van der Waals surface area contributed by atoms with E-state index in [0.717, 1.165) is 56.8 Å². The molecule has 1 aromatic rings. The van der Waals surface area contributed by atoms with Crippen LogP contribution in [-0.2, 0) is 9.59 Å². The van der Waals surface area contributed by atoms with Gasteiger partial charge in [0.1, 0.15) is 0 Å². The van der Waals surface area contributed by atoms with Gasteiger partial charge in [-0.3, -0.25) is 9.59 Å². The predicted molar refractivity (Wildman–Crippen MR) is 99.8 cm³/mol. The molecule has 0 aliphatic carbocycles. The minimum atomic E-state index is 0.139. The Morgan fingerprint density at radius 2 is 2.00 bits per heavy atom. The number of amides is 2. The van der Waals surface area contributed by atoms with Gasteiger partial charge in [0.25, 0.3) is 0 Å². The summed E-state index contributed by atoms with van der Waals surface area (Å²) < 4.78 is 0. The number of carbonyl (C=O) groups excluding carboxylic acids is 2. The van der Waals surface area contributed by atoms with Gasteiger partial charge in [0.05, 0.1) is 17.9 Å². The molecular formula is C19H28N4O2. The minimum absolute atomic E-state index is 0.139. The lowest BCUT2D eigenvalue weighted by Gasteiger charge is -2.34. The number of nitrogens with one attached hydrogen (secondary N) is 2. The minimum Gasteiger partial charge on any atom is -0.374 e. The third-order valence-electron chi connectivity index (χ3n) is 5.06. The largest absolute Gasteiger partial charge is 0.374 e. The monoisotopic (exact) mass is 344 g/mol. The quantitative estimate of drug-likeness (QED) is 0.826. The number of hydrogen-bond donors (Lipinski definition) is 2. The van der Waals surface area contributed by atoms with Crippen molar-refractivity contribution >= 4 is 23.2 Å². The smallest absolute Gasteiger partial charge is 0.246 e. The Hall–Kier alpha value is -2.08. The zero-order chi connectivity index (χ0) is 17.6. The zero-order valence-electron chi connectivity index (χ0n) is 15.0. The summed E-state index contributed by atoms with van der Waals surface area (Å²) in [5.74, 6) is 0.286. The maximum Gasteiger partial charge on any atom is 0.246 e. The van der Waals surface area contributed by atoms with Gasteiger partial charge in [-0.2, -0.15) is 0 Å². The van der Waals surface area contributed by atoms with E-state index >= 15 is 0 Å². The fourth-order valence-corrected chi connectivity index (χ4v) is 3.59. The van der Waals surface area contributed by atoms with Crippen LogP contribution in [0.5, 0.6) is 0 Å². The van der Waals surface area contributed by atoms with Gasteiger partial charge in [-0.25, -0.2) is 0 Å². The highest BCUT2D eigenvalue weighted by atomic mass is 16.2. The van der Waals surface area contributed by atoms with Crippen molar-refractivity contribution in [2.24, 2.45) is 0 Å². The van der Waals surface area contributed by atoms with Gasteiger partial charge in [0.15, 0.2) is 0 Å². The summed E-state index contributed by atoms with van der Waals surface area (Å²) >= 11 is 0. The van der Waals surface area contributed by atoms with Gasteiger partial charge < -0.3 is 20.4 Å². The lowest BCUT2D eigenvalue weighted by molar-refractivity contribution is -0.121. The van der Waals surface area contributed by atoms with Crippen LogP contribution in [0.15, 0.2) is 24.3 Å². The van der Waals surface area contributed by atoms with E-state index in [2.05, 4.69) is 15.5 Å². The SMILES string of the molecule is CCC(=O)NC1CCN(CCCN2C(=O)CNc3ccccc32)CC1. The first-order chi connectivity index (χ1) is 12.2. The Kier molecular flexibility index (Phi) is 5.91. The molecule has 2 N–H and O–H groups in total. The van der Waals surface area contributed by atoms with Crippen LogP contribution in [0, 0.1) is 0 Å². The van der Waals surface area contributed by atoms with Crippen molar-refractivity contribution in [3.05, 3.63) is 24.3 Å². The zero-order valence-corrected chi connectivity index (χ0v) is 15.0. The van der Waals surface area contributed by atoms with E-state index in [1.165, 1.54) is 0 Å². The van der Waals surface area contributed by atoms with Crippen molar-refractivity contribution in [2.75, 3.05) is 42.9 Å². The predicted octanol–water partition coefficient (Wildman–Crippen LogP) is 1.83. The number of piperidine rings is 1. The molecule has 2 aliphatic heterocycles. The molecule has 0 spiro atoms. The van der Waals surface area contributed by atoms with E-state index in [1.54, 1.807) is 0 Å². The molecule has 6 nitrogen and oxygen atoms in total.